The van der Waals surface area contributed by atoms with E-state index in [4.69, 9.17) is 10.1 Å². The maximum atomic E-state index is 11.3. The number of aliphatic hydroxyl groups is 1. The van der Waals surface area contributed by atoms with Gasteiger partial charge in [-0.15, -0.1) is 0 Å². The van der Waals surface area contributed by atoms with Gasteiger partial charge < -0.3 is 15.4 Å². The number of carbonyl (C=O) groups is 1. The second-order valence-electron chi connectivity index (χ2n) is 2.60. The summed E-state index contributed by atoms with van der Waals surface area (Å²) in [6.45, 7) is 1.07. The lowest BCUT2D eigenvalue weighted by molar-refractivity contribution is -0.171. The zero-order chi connectivity index (χ0) is 10.4. The minimum Gasteiger partial charge on any atom is -0.437 e. The smallest absolute Gasteiger partial charge is 0.374 e. The molecule has 0 spiro atoms. The van der Waals surface area contributed by atoms with E-state index < -0.39 is 25.6 Å². The van der Waals surface area contributed by atoms with E-state index in [0.29, 0.717) is 0 Å². The van der Waals surface area contributed by atoms with Crippen molar-refractivity contribution in [3.05, 3.63) is 0 Å². The molecule has 0 fully saturated rings. The Bertz CT molecular complexity index is 167. The maximum Gasteiger partial charge on any atom is 0.374 e. The van der Waals surface area contributed by atoms with Crippen LogP contribution in [0.2, 0.25) is 6.82 Å². The van der Waals surface area contributed by atoms with Crippen LogP contribution < -0.4 is 5.23 Å². The van der Waals surface area contributed by atoms with Crippen LogP contribution in [0, 0.1) is 0 Å². The van der Waals surface area contributed by atoms with Gasteiger partial charge in [-0.2, -0.15) is 0 Å². The molecule has 0 bridgehead atoms. The Morgan fingerprint density at radius 3 is 2.62 bits per heavy atom. The Balaban J connectivity index is 4.14. The Morgan fingerprint density at radius 1 is 1.77 bits per heavy atom. The van der Waals surface area contributed by atoms with Crippen molar-refractivity contribution in [2.45, 2.75) is 12.9 Å². The molecular formula is C6H15BN2O4. The number of aliphatic hydroxyl groups excluding tert-OH is 1. The summed E-state index contributed by atoms with van der Waals surface area (Å²) in [5, 5.41) is 21.2. The quantitative estimate of drug-likeness (QED) is 0.347. The number of nitrogens with one attached hydrogen (secondary N) is 1. The summed E-state index contributed by atoms with van der Waals surface area (Å²) >= 11 is 0. The van der Waals surface area contributed by atoms with Gasteiger partial charge in [-0.05, 0) is 6.82 Å². The van der Waals surface area contributed by atoms with Crippen molar-refractivity contribution >= 4 is 13.0 Å². The minimum atomic E-state index is -0.855. The van der Waals surface area contributed by atoms with E-state index in [0.717, 1.165) is 5.06 Å². The maximum absolute atomic E-state index is 11.3. The Labute approximate surface area is 77.6 Å². The van der Waals surface area contributed by atoms with Gasteiger partial charge in [-0.1, -0.05) is 0 Å². The van der Waals surface area contributed by atoms with Gasteiger partial charge in [0.25, 0.3) is 5.91 Å². The number of carbonyl (C=O) groups excluding carboxylic acids is 1. The Hall–Kier alpha value is -0.625. The van der Waals surface area contributed by atoms with Gasteiger partial charge in [0.05, 0.1) is 13.7 Å². The summed E-state index contributed by atoms with van der Waals surface area (Å²) in [6, 6.07) is -0.843. The van der Waals surface area contributed by atoms with Crippen molar-refractivity contribution in [1.29, 1.82) is 0 Å². The molecule has 13 heavy (non-hydrogen) atoms. The third-order valence-electron chi connectivity index (χ3n) is 1.51. The molecule has 7 heteroatoms. The predicted octanol–water partition coefficient (Wildman–Crippen LogP) is -1.93. The van der Waals surface area contributed by atoms with Crippen LogP contribution in [0.3, 0.4) is 0 Å². The number of hydrogen-bond acceptors (Lipinski definition) is 5. The van der Waals surface area contributed by atoms with Crippen LogP contribution in [0.15, 0.2) is 0 Å². The average molecular weight is 190 g/mol. The van der Waals surface area contributed by atoms with Crippen LogP contribution in [-0.2, 0) is 9.63 Å². The first-order valence-electron chi connectivity index (χ1n) is 3.89. The molecule has 0 aliphatic rings. The molecular weight excluding hydrogens is 175 g/mol. The highest BCUT2D eigenvalue weighted by Gasteiger charge is 2.23. The molecule has 0 saturated heterocycles. The summed E-state index contributed by atoms with van der Waals surface area (Å²) in [6.07, 6.45) is 0. The second kappa shape index (κ2) is 5.93. The summed E-state index contributed by atoms with van der Waals surface area (Å²) in [5.74, 6) is -0.439. The van der Waals surface area contributed by atoms with Gasteiger partial charge in [-0.25, -0.2) is 5.06 Å². The largest absolute Gasteiger partial charge is 0.437 e. The van der Waals surface area contributed by atoms with Crippen molar-refractivity contribution in [2.75, 3.05) is 20.8 Å². The number of hydrogen-bond donors (Lipinski definition) is 3. The molecule has 0 aromatic rings. The fourth-order valence-electron chi connectivity index (χ4n) is 0.803. The predicted molar refractivity (Wildman–Crippen MR) is 47.6 cm³/mol. The Kier molecular flexibility index (Phi) is 5.64. The van der Waals surface area contributed by atoms with E-state index in [2.05, 4.69) is 10.1 Å². The minimum absolute atomic E-state index is 0.391. The molecule has 0 aliphatic carbocycles. The summed E-state index contributed by atoms with van der Waals surface area (Å²) in [7, 11) is 1.91. The normalized spacial score (nSPS) is 12.4. The first kappa shape index (κ1) is 12.4. The molecule has 0 heterocycles. The van der Waals surface area contributed by atoms with E-state index in [9.17, 15) is 4.79 Å². The first-order chi connectivity index (χ1) is 6.02. The van der Waals surface area contributed by atoms with E-state index in [1.807, 2.05) is 0 Å². The summed E-state index contributed by atoms with van der Waals surface area (Å²) < 4.78 is 0. The fourth-order valence-corrected chi connectivity index (χ4v) is 0.803. The van der Waals surface area contributed by atoms with Crippen LogP contribution in [-0.4, -0.2) is 55.0 Å². The van der Waals surface area contributed by atoms with Gasteiger partial charge >= 0.3 is 7.05 Å². The lowest BCUT2D eigenvalue weighted by Gasteiger charge is -2.21. The van der Waals surface area contributed by atoms with E-state index in [1.54, 1.807) is 0 Å². The van der Waals surface area contributed by atoms with Gasteiger partial charge in [0, 0.05) is 7.05 Å². The second-order valence-corrected chi connectivity index (χ2v) is 2.60. The third kappa shape index (κ3) is 4.23. The van der Waals surface area contributed by atoms with Crippen molar-refractivity contribution in [3.63, 3.8) is 0 Å². The average Bonchev–Trinajstić information content (AvgIpc) is 2.11. The molecule has 0 aromatic heterocycles. The highest BCUT2D eigenvalue weighted by Crippen LogP contribution is 1.92. The number of likely N-dealkylation sites (N-methyl/N-ethyl adjacent to an activating group) is 1. The van der Waals surface area contributed by atoms with Crippen molar-refractivity contribution in [1.82, 2.24) is 10.3 Å². The fraction of sp³-hybridized carbons (Fsp3) is 0.833. The third-order valence-corrected chi connectivity index (χ3v) is 1.51. The Morgan fingerprint density at radius 2 is 2.31 bits per heavy atom. The molecule has 76 valence electrons. The lowest BCUT2D eigenvalue weighted by Crippen LogP contribution is -2.51. The monoisotopic (exact) mass is 190 g/mol. The zero-order valence-corrected chi connectivity index (χ0v) is 8.02. The van der Waals surface area contributed by atoms with Gasteiger partial charge in [-0.3, -0.25) is 9.63 Å². The highest BCUT2D eigenvalue weighted by atomic mass is 16.7. The molecule has 0 aromatic carbocycles. The summed E-state index contributed by atoms with van der Waals surface area (Å²) in [4.78, 5) is 15.9. The SMILES string of the molecule is CON(C)C(=O)[C@@H](CO)NB(C)O. The van der Waals surface area contributed by atoms with Gasteiger partial charge in [0.15, 0.2) is 0 Å². The van der Waals surface area contributed by atoms with E-state index >= 15 is 0 Å². The highest BCUT2D eigenvalue weighted by molar-refractivity contribution is 6.46. The van der Waals surface area contributed by atoms with Crippen LogP contribution >= 0.6 is 0 Å². The number of rotatable bonds is 5. The molecule has 1 amide bonds. The molecule has 6 nitrogen and oxygen atoms in total. The van der Waals surface area contributed by atoms with Crippen LogP contribution in [0.25, 0.3) is 0 Å². The molecule has 3 N–H and O–H groups in total. The molecule has 0 saturated carbocycles. The van der Waals surface area contributed by atoms with Crippen molar-refractivity contribution in [2.24, 2.45) is 0 Å². The van der Waals surface area contributed by atoms with Gasteiger partial charge in [0.2, 0.25) is 0 Å². The summed E-state index contributed by atoms with van der Waals surface area (Å²) in [5.41, 5.74) is 0. The van der Waals surface area contributed by atoms with Crippen molar-refractivity contribution in [3.8, 4) is 0 Å². The van der Waals surface area contributed by atoms with Crippen LogP contribution in [0.1, 0.15) is 0 Å². The topological polar surface area (TPSA) is 82.0 Å². The number of amides is 1. The first-order valence-corrected chi connectivity index (χ1v) is 3.89. The van der Waals surface area contributed by atoms with Crippen molar-refractivity contribution < 1.29 is 19.8 Å². The molecule has 0 radical (unpaired) electrons. The van der Waals surface area contributed by atoms with Crippen LogP contribution in [0.5, 0.6) is 0 Å². The molecule has 0 rings (SSSR count). The number of nitrogens with zero attached hydrogens (tertiary/aromatic N) is 1. The van der Waals surface area contributed by atoms with Crippen LogP contribution in [0.4, 0.5) is 0 Å². The molecule has 1 atom stereocenters. The molecule has 0 aliphatic heterocycles. The van der Waals surface area contributed by atoms with E-state index in [1.165, 1.54) is 21.0 Å². The standard InChI is InChI=1S/C6H15BN2O4/c1-7(12)8-5(4-10)6(11)9(2)13-3/h5,8,10,12H,4H2,1-3H3/t5-/m1/s1. The zero-order valence-electron chi connectivity index (χ0n) is 8.02. The number of hydroxylamine groups is 2. The lowest BCUT2D eigenvalue weighted by atomic mass is 9.87. The van der Waals surface area contributed by atoms with Gasteiger partial charge in [0.1, 0.15) is 6.04 Å². The molecule has 0 unspecified atom stereocenters. The van der Waals surface area contributed by atoms with E-state index in [-0.39, 0.29) is 0 Å².